The standard InChI is InChI=1S/C24H25ClN4O2S/c1-2-22(31)26-17-13-11-16(12-14-17)21(30)15-32-24-28-27-23(19-9-5-6-10-20(19)25)29(24)18-7-3-4-8-18/h5-6,9-14,18H,2-4,7-8,15H2,1H3,(H,26,31). The maximum Gasteiger partial charge on any atom is 0.224 e. The summed E-state index contributed by atoms with van der Waals surface area (Å²) in [6.07, 6.45) is 4.91. The van der Waals surface area contributed by atoms with E-state index in [-0.39, 0.29) is 17.4 Å². The lowest BCUT2D eigenvalue weighted by Crippen LogP contribution is -2.11. The van der Waals surface area contributed by atoms with Crippen molar-refractivity contribution in [2.75, 3.05) is 11.1 Å². The number of Topliss-reactive ketones (excluding diaryl/α,β-unsaturated/α-hetero) is 1. The number of aromatic nitrogens is 3. The number of thioether (sulfide) groups is 1. The van der Waals surface area contributed by atoms with Gasteiger partial charge < -0.3 is 5.32 Å². The Balaban J connectivity index is 1.51. The summed E-state index contributed by atoms with van der Waals surface area (Å²) in [4.78, 5) is 24.3. The summed E-state index contributed by atoms with van der Waals surface area (Å²) in [6, 6.07) is 15.0. The van der Waals surface area contributed by atoms with Crippen LogP contribution in [0.1, 0.15) is 55.4 Å². The lowest BCUT2D eigenvalue weighted by molar-refractivity contribution is -0.115. The van der Waals surface area contributed by atoms with Crippen LogP contribution in [-0.4, -0.2) is 32.2 Å². The molecule has 0 atom stereocenters. The molecule has 1 saturated carbocycles. The summed E-state index contributed by atoms with van der Waals surface area (Å²) in [5.41, 5.74) is 2.15. The van der Waals surface area contributed by atoms with Crippen molar-refractivity contribution < 1.29 is 9.59 Å². The number of anilines is 1. The summed E-state index contributed by atoms with van der Waals surface area (Å²) in [5, 5.41) is 13.0. The Hall–Kier alpha value is -2.64. The van der Waals surface area contributed by atoms with Crippen LogP contribution in [0.4, 0.5) is 5.69 Å². The van der Waals surface area contributed by atoms with Crippen LogP contribution < -0.4 is 5.32 Å². The first-order valence-corrected chi connectivity index (χ1v) is 12.2. The number of ketones is 1. The zero-order chi connectivity index (χ0) is 22.5. The second kappa shape index (κ2) is 10.3. The van der Waals surface area contributed by atoms with Gasteiger partial charge in [-0.25, -0.2) is 0 Å². The van der Waals surface area contributed by atoms with Gasteiger partial charge in [0.05, 0.1) is 10.8 Å². The summed E-state index contributed by atoms with van der Waals surface area (Å²) in [7, 11) is 0. The fourth-order valence-electron chi connectivity index (χ4n) is 3.90. The third-order valence-corrected chi connectivity index (χ3v) is 6.89. The zero-order valence-corrected chi connectivity index (χ0v) is 19.5. The number of hydrogen-bond acceptors (Lipinski definition) is 5. The van der Waals surface area contributed by atoms with E-state index in [1.807, 2.05) is 24.3 Å². The van der Waals surface area contributed by atoms with Crippen LogP contribution in [0.15, 0.2) is 53.7 Å². The van der Waals surface area contributed by atoms with Crippen molar-refractivity contribution in [3.8, 4) is 11.4 Å². The SMILES string of the molecule is CCC(=O)Nc1ccc(C(=O)CSc2nnc(-c3ccccc3Cl)n2C2CCCC2)cc1. The minimum Gasteiger partial charge on any atom is -0.326 e. The molecule has 1 amide bonds. The van der Waals surface area contributed by atoms with Gasteiger partial charge in [0.15, 0.2) is 16.8 Å². The summed E-state index contributed by atoms with van der Waals surface area (Å²) in [5.74, 6) is 0.964. The highest BCUT2D eigenvalue weighted by Crippen LogP contribution is 2.38. The normalized spacial score (nSPS) is 13.9. The predicted molar refractivity (Wildman–Crippen MR) is 128 cm³/mol. The third kappa shape index (κ3) is 5.05. The largest absolute Gasteiger partial charge is 0.326 e. The van der Waals surface area contributed by atoms with Gasteiger partial charge in [-0.3, -0.25) is 14.2 Å². The molecule has 0 spiro atoms. The number of carbonyl (C=O) groups is 2. The number of amides is 1. The Labute approximate surface area is 196 Å². The van der Waals surface area contributed by atoms with E-state index in [0.717, 1.165) is 29.4 Å². The molecule has 1 fully saturated rings. The van der Waals surface area contributed by atoms with E-state index < -0.39 is 0 Å². The van der Waals surface area contributed by atoms with E-state index in [1.54, 1.807) is 31.2 Å². The van der Waals surface area contributed by atoms with Crippen LogP contribution in [0.3, 0.4) is 0 Å². The van der Waals surface area contributed by atoms with Crippen molar-refractivity contribution in [1.29, 1.82) is 0 Å². The van der Waals surface area contributed by atoms with Crippen LogP contribution in [0, 0.1) is 0 Å². The molecule has 2 aromatic carbocycles. The molecule has 0 saturated heterocycles. The minimum atomic E-state index is -0.0554. The van der Waals surface area contributed by atoms with Gasteiger partial charge in [-0.1, -0.05) is 55.3 Å². The van der Waals surface area contributed by atoms with Crippen molar-refractivity contribution in [1.82, 2.24) is 14.8 Å². The lowest BCUT2D eigenvalue weighted by atomic mass is 10.1. The molecule has 1 aliphatic rings. The van der Waals surface area contributed by atoms with Crippen molar-refractivity contribution in [3.05, 3.63) is 59.1 Å². The Morgan fingerprint density at radius 3 is 2.50 bits per heavy atom. The van der Waals surface area contributed by atoms with Crippen LogP contribution in [0.25, 0.3) is 11.4 Å². The van der Waals surface area contributed by atoms with Gasteiger partial charge in [-0.05, 0) is 49.2 Å². The molecule has 3 aromatic rings. The Kier molecular flexibility index (Phi) is 7.27. The zero-order valence-electron chi connectivity index (χ0n) is 17.9. The van der Waals surface area contributed by atoms with Gasteiger partial charge >= 0.3 is 0 Å². The molecule has 1 N–H and O–H groups in total. The quantitative estimate of drug-likeness (QED) is 0.322. The molecular weight excluding hydrogens is 444 g/mol. The maximum atomic E-state index is 12.8. The Morgan fingerprint density at radius 1 is 1.09 bits per heavy atom. The molecule has 1 aliphatic carbocycles. The van der Waals surface area contributed by atoms with E-state index in [2.05, 4.69) is 20.1 Å². The van der Waals surface area contributed by atoms with Gasteiger partial charge in [-0.15, -0.1) is 10.2 Å². The van der Waals surface area contributed by atoms with Crippen LogP contribution in [0.2, 0.25) is 5.02 Å². The van der Waals surface area contributed by atoms with Gasteiger partial charge in [0.1, 0.15) is 0 Å². The number of benzene rings is 2. The second-order valence-corrected chi connectivity index (χ2v) is 9.13. The first kappa shape index (κ1) is 22.6. The molecule has 4 rings (SSSR count). The smallest absolute Gasteiger partial charge is 0.224 e. The Morgan fingerprint density at radius 2 is 1.81 bits per heavy atom. The van der Waals surface area contributed by atoms with E-state index in [9.17, 15) is 9.59 Å². The van der Waals surface area contributed by atoms with Gasteiger partial charge in [-0.2, -0.15) is 0 Å². The number of hydrogen-bond donors (Lipinski definition) is 1. The van der Waals surface area contributed by atoms with Crippen molar-refractivity contribution in [3.63, 3.8) is 0 Å². The number of nitrogens with one attached hydrogen (secondary N) is 1. The molecule has 6 nitrogen and oxygen atoms in total. The average molecular weight is 469 g/mol. The third-order valence-electron chi connectivity index (χ3n) is 5.61. The van der Waals surface area contributed by atoms with Crippen LogP contribution in [0.5, 0.6) is 0 Å². The van der Waals surface area contributed by atoms with E-state index in [1.165, 1.54) is 24.6 Å². The monoisotopic (exact) mass is 468 g/mol. The summed E-state index contributed by atoms with van der Waals surface area (Å²) >= 11 is 7.84. The molecule has 0 aliphatic heterocycles. The number of nitrogens with zero attached hydrogens (tertiary/aromatic N) is 3. The number of rotatable bonds is 8. The van der Waals surface area contributed by atoms with Crippen LogP contribution in [-0.2, 0) is 4.79 Å². The molecule has 0 bridgehead atoms. The summed E-state index contributed by atoms with van der Waals surface area (Å²) in [6.45, 7) is 1.80. The van der Waals surface area contributed by atoms with E-state index >= 15 is 0 Å². The topological polar surface area (TPSA) is 76.9 Å². The number of halogens is 1. The van der Waals surface area contributed by atoms with Crippen LogP contribution >= 0.6 is 23.4 Å². The van der Waals surface area contributed by atoms with Gasteiger partial charge in [0.25, 0.3) is 0 Å². The molecule has 32 heavy (non-hydrogen) atoms. The van der Waals surface area contributed by atoms with Crippen molar-refractivity contribution in [2.24, 2.45) is 0 Å². The first-order chi connectivity index (χ1) is 15.6. The molecule has 8 heteroatoms. The highest BCUT2D eigenvalue weighted by atomic mass is 35.5. The average Bonchev–Trinajstić information content (AvgIpc) is 3.48. The highest BCUT2D eigenvalue weighted by Gasteiger charge is 2.26. The van der Waals surface area contributed by atoms with E-state index in [4.69, 9.17) is 11.6 Å². The van der Waals surface area contributed by atoms with Crippen molar-refractivity contribution in [2.45, 2.75) is 50.2 Å². The number of carbonyl (C=O) groups excluding carboxylic acids is 2. The maximum absolute atomic E-state index is 12.8. The second-order valence-electron chi connectivity index (χ2n) is 7.79. The van der Waals surface area contributed by atoms with E-state index in [0.29, 0.717) is 28.7 Å². The first-order valence-electron chi connectivity index (χ1n) is 10.8. The Bertz CT molecular complexity index is 1110. The lowest BCUT2D eigenvalue weighted by Gasteiger charge is -2.17. The van der Waals surface area contributed by atoms with Gasteiger partial charge in [0.2, 0.25) is 5.91 Å². The minimum absolute atomic E-state index is 0.00336. The molecule has 166 valence electrons. The molecule has 0 unspecified atom stereocenters. The molecule has 1 aromatic heterocycles. The van der Waals surface area contributed by atoms with Crippen molar-refractivity contribution >= 4 is 40.7 Å². The fourth-order valence-corrected chi connectivity index (χ4v) is 5.02. The highest BCUT2D eigenvalue weighted by molar-refractivity contribution is 7.99. The van der Waals surface area contributed by atoms with Gasteiger partial charge in [0, 0.05) is 29.3 Å². The summed E-state index contributed by atoms with van der Waals surface area (Å²) < 4.78 is 2.16. The molecule has 1 heterocycles. The fraction of sp³-hybridized carbons (Fsp3) is 0.333. The predicted octanol–water partition coefficient (Wildman–Crippen LogP) is 6.04. The molecule has 0 radical (unpaired) electrons. The molecular formula is C24H25ClN4O2S.